The second-order valence-electron chi connectivity index (χ2n) is 7.03. The lowest BCUT2D eigenvalue weighted by atomic mass is 10.1. The third kappa shape index (κ3) is 5.46. The molecule has 0 atom stereocenters. The zero-order valence-electron chi connectivity index (χ0n) is 17.9. The number of halogens is 1. The number of carbonyl (C=O) groups is 1. The molecule has 8 heteroatoms. The molecule has 1 saturated heterocycles. The summed E-state index contributed by atoms with van der Waals surface area (Å²) in [6, 6.07) is 21.5. The van der Waals surface area contributed by atoms with Crippen LogP contribution in [0.1, 0.15) is 11.1 Å². The number of hydrogen-bond donors (Lipinski definition) is 0. The molecule has 0 saturated carbocycles. The van der Waals surface area contributed by atoms with Gasteiger partial charge in [0, 0.05) is 4.90 Å². The highest BCUT2D eigenvalue weighted by Crippen LogP contribution is 2.40. The van der Waals surface area contributed by atoms with Crippen LogP contribution in [0.4, 0.5) is 5.69 Å². The average Bonchev–Trinajstić information content (AvgIpc) is 3.11. The first-order valence-electron chi connectivity index (χ1n) is 9.96. The lowest BCUT2D eigenvalue weighted by Gasteiger charge is -2.15. The lowest BCUT2D eigenvalue weighted by Crippen LogP contribution is -2.27. The van der Waals surface area contributed by atoms with E-state index in [1.807, 2.05) is 79.1 Å². The van der Waals surface area contributed by atoms with Crippen molar-refractivity contribution in [2.75, 3.05) is 18.3 Å². The van der Waals surface area contributed by atoms with Crippen LogP contribution in [0.5, 0.6) is 11.5 Å². The minimum absolute atomic E-state index is 0.136. The zero-order chi connectivity index (χ0) is 23.4. The zero-order valence-corrected chi connectivity index (χ0v) is 21.9. The Hall–Kier alpha value is -2.26. The quantitative estimate of drug-likeness (QED) is 0.174. The summed E-state index contributed by atoms with van der Waals surface area (Å²) in [6.07, 6.45) is 3.83. The molecule has 0 aromatic heterocycles. The van der Waals surface area contributed by atoms with Crippen molar-refractivity contribution in [2.24, 2.45) is 0 Å². The fourth-order valence-corrected chi connectivity index (χ4v) is 5.61. The van der Waals surface area contributed by atoms with Crippen molar-refractivity contribution in [3.63, 3.8) is 0 Å². The molecule has 1 aliphatic heterocycles. The number of ether oxygens (including phenoxy) is 2. The second-order valence-corrected chi connectivity index (χ2v) is 10.4. The van der Waals surface area contributed by atoms with Crippen molar-refractivity contribution in [1.29, 1.82) is 0 Å². The van der Waals surface area contributed by atoms with E-state index < -0.39 is 0 Å². The van der Waals surface area contributed by atoms with Gasteiger partial charge in [-0.25, -0.2) is 0 Å². The molecule has 0 bridgehead atoms. The van der Waals surface area contributed by atoms with E-state index in [-0.39, 0.29) is 5.91 Å². The molecule has 4 rings (SSSR count). The molecule has 0 spiro atoms. The maximum Gasteiger partial charge on any atom is 0.270 e. The molecule has 0 aliphatic carbocycles. The lowest BCUT2D eigenvalue weighted by molar-refractivity contribution is -0.113. The smallest absolute Gasteiger partial charge is 0.270 e. The first-order chi connectivity index (χ1) is 16.0. The van der Waals surface area contributed by atoms with E-state index in [1.54, 1.807) is 23.8 Å². The van der Waals surface area contributed by atoms with Crippen LogP contribution in [0.3, 0.4) is 0 Å². The Morgan fingerprint density at radius 1 is 1.12 bits per heavy atom. The SMILES string of the molecule is COc1cc(/C=C2/SC(=S)N(c3cccc(SC)c3)C2=O)cc(Br)c1OCc1ccccc1. The Labute approximate surface area is 215 Å². The van der Waals surface area contributed by atoms with E-state index in [0.717, 1.165) is 26.2 Å². The Bertz CT molecular complexity index is 1230. The van der Waals surface area contributed by atoms with Gasteiger partial charge in [0.15, 0.2) is 15.8 Å². The van der Waals surface area contributed by atoms with Crippen LogP contribution in [0, 0.1) is 0 Å². The van der Waals surface area contributed by atoms with E-state index in [2.05, 4.69) is 15.9 Å². The van der Waals surface area contributed by atoms with E-state index in [9.17, 15) is 4.79 Å². The minimum Gasteiger partial charge on any atom is -0.493 e. The van der Waals surface area contributed by atoms with E-state index >= 15 is 0 Å². The number of rotatable bonds is 7. The first kappa shape index (κ1) is 23.9. The molecule has 4 nitrogen and oxygen atoms in total. The van der Waals surface area contributed by atoms with Crippen LogP contribution in [-0.4, -0.2) is 23.6 Å². The highest BCUT2D eigenvalue weighted by Gasteiger charge is 2.33. The van der Waals surface area contributed by atoms with Gasteiger partial charge in [0.25, 0.3) is 5.91 Å². The highest BCUT2D eigenvalue weighted by molar-refractivity contribution is 9.10. The largest absolute Gasteiger partial charge is 0.493 e. The molecule has 1 heterocycles. The summed E-state index contributed by atoms with van der Waals surface area (Å²) in [4.78, 5) is 16.4. The predicted molar refractivity (Wildman–Crippen MR) is 145 cm³/mol. The predicted octanol–water partition coefficient (Wildman–Crippen LogP) is 7.16. The van der Waals surface area contributed by atoms with Crippen molar-refractivity contribution >= 4 is 73.7 Å². The number of anilines is 1. The number of methoxy groups -OCH3 is 1. The Morgan fingerprint density at radius 2 is 1.91 bits per heavy atom. The van der Waals surface area contributed by atoms with Crippen molar-refractivity contribution < 1.29 is 14.3 Å². The van der Waals surface area contributed by atoms with E-state index in [0.29, 0.717) is 27.3 Å². The van der Waals surface area contributed by atoms with Crippen LogP contribution in [0.2, 0.25) is 0 Å². The summed E-state index contributed by atoms with van der Waals surface area (Å²) in [5, 5.41) is 0. The number of amides is 1. The van der Waals surface area contributed by atoms with Crippen molar-refractivity contribution in [2.45, 2.75) is 11.5 Å². The number of hydrogen-bond acceptors (Lipinski definition) is 6. The van der Waals surface area contributed by atoms with E-state index in [1.165, 1.54) is 11.8 Å². The molecular weight excluding hydrogens is 538 g/mol. The third-order valence-electron chi connectivity index (χ3n) is 4.88. The standard InChI is InChI=1S/C25H20BrNO3S3/c1-29-21-12-17(11-20(26)23(21)30-15-16-7-4-3-5-8-16)13-22-24(28)27(25(31)33-22)18-9-6-10-19(14-18)32-2/h3-14H,15H2,1-2H3/b22-13+. The molecule has 1 aliphatic rings. The highest BCUT2D eigenvalue weighted by atomic mass is 79.9. The number of benzene rings is 3. The number of nitrogens with zero attached hydrogens (tertiary/aromatic N) is 1. The summed E-state index contributed by atoms with van der Waals surface area (Å²) in [6.45, 7) is 0.420. The number of carbonyl (C=O) groups excluding carboxylic acids is 1. The van der Waals surface area contributed by atoms with Crippen LogP contribution < -0.4 is 14.4 Å². The molecule has 3 aromatic rings. The monoisotopic (exact) mass is 557 g/mol. The normalized spacial score (nSPS) is 14.8. The van der Waals surface area contributed by atoms with Crippen LogP contribution in [0.15, 0.2) is 81.0 Å². The van der Waals surface area contributed by atoms with Gasteiger partial charge in [-0.15, -0.1) is 11.8 Å². The van der Waals surface area contributed by atoms with Crippen LogP contribution >= 0.6 is 51.7 Å². The molecule has 0 radical (unpaired) electrons. The van der Waals surface area contributed by atoms with Gasteiger partial charge < -0.3 is 9.47 Å². The Balaban J connectivity index is 1.59. The summed E-state index contributed by atoms with van der Waals surface area (Å²) in [5.74, 6) is 1.05. The third-order valence-corrected chi connectivity index (χ3v) is 7.50. The van der Waals surface area contributed by atoms with Crippen molar-refractivity contribution in [3.05, 3.63) is 87.2 Å². The summed E-state index contributed by atoms with van der Waals surface area (Å²) >= 11 is 12.0. The minimum atomic E-state index is -0.136. The van der Waals surface area contributed by atoms with Gasteiger partial charge in [-0.05, 0) is 69.7 Å². The Morgan fingerprint density at radius 3 is 2.64 bits per heavy atom. The van der Waals surface area contributed by atoms with Crippen LogP contribution in [-0.2, 0) is 11.4 Å². The molecule has 1 fully saturated rings. The van der Waals surface area contributed by atoms with E-state index in [4.69, 9.17) is 21.7 Å². The molecule has 168 valence electrons. The summed E-state index contributed by atoms with van der Waals surface area (Å²) < 4.78 is 12.8. The van der Waals surface area contributed by atoms with Gasteiger partial charge in [0.2, 0.25) is 0 Å². The fraction of sp³-hybridized carbons (Fsp3) is 0.120. The van der Waals surface area contributed by atoms with Gasteiger partial charge in [-0.2, -0.15) is 0 Å². The second kappa shape index (κ2) is 10.8. The molecule has 33 heavy (non-hydrogen) atoms. The molecule has 0 unspecified atom stereocenters. The van der Waals surface area contributed by atoms with Gasteiger partial charge in [-0.3, -0.25) is 9.69 Å². The van der Waals surface area contributed by atoms with Gasteiger partial charge in [0.1, 0.15) is 6.61 Å². The molecule has 3 aromatic carbocycles. The number of thiocarbonyl (C=S) groups is 1. The maximum atomic E-state index is 13.2. The number of thioether (sulfide) groups is 2. The van der Waals surface area contributed by atoms with Crippen molar-refractivity contribution in [3.8, 4) is 11.5 Å². The molecular formula is C25H20BrNO3S3. The summed E-state index contributed by atoms with van der Waals surface area (Å²) in [7, 11) is 1.60. The molecule has 0 N–H and O–H groups in total. The van der Waals surface area contributed by atoms with Crippen LogP contribution in [0.25, 0.3) is 6.08 Å². The summed E-state index contributed by atoms with van der Waals surface area (Å²) in [5.41, 5.74) is 2.64. The average molecular weight is 559 g/mol. The van der Waals surface area contributed by atoms with Gasteiger partial charge in [-0.1, -0.05) is 60.4 Å². The van der Waals surface area contributed by atoms with Crippen molar-refractivity contribution in [1.82, 2.24) is 0 Å². The maximum absolute atomic E-state index is 13.2. The first-order valence-corrected chi connectivity index (χ1v) is 13.2. The molecule has 1 amide bonds. The fourth-order valence-electron chi connectivity index (χ4n) is 3.28. The Kier molecular flexibility index (Phi) is 7.80. The van der Waals surface area contributed by atoms with Gasteiger partial charge >= 0.3 is 0 Å². The topological polar surface area (TPSA) is 38.8 Å². The van der Waals surface area contributed by atoms with Gasteiger partial charge in [0.05, 0.1) is 22.2 Å².